The van der Waals surface area contributed by atoms with Crippen molar-refractivity contribution in [2.24, 2.45) is 5.92 Å². The Bertz CT molecular complexity index is 1040. The molecule has 10 heteroatoms. The Morgan fingerprint density at radius 1 is 1.15 bits per heavy atom. The Kier molecular flexibility index (Phi) is 6.91. The van der Waals surface area contributed by atoms with E-state index in [1.165, 1.54) is 0 Å². The van der Waals surface area contributed by atoms with Crippen LogP contribution in [-0.2, 0) is 11.3 Å². The minimum absolute atomic E-state index is 0.0289. The molecule has 2 aromatic rings. The number of aryl methyl sites for hydroxylation is 1. The number of nitrogens with zero attached hydrogens (tertiary/aromatic N) is 4. The van der Waals surface area contributed by atoms with Crippen LogP contribution in [0.4, 0.5) is 15.3 Å². The predicted octanol–water partition coefficient (Wildman–Crippen LogP) is 3.42. The molecule has 1 saturated heterocycles. The van der Waals surface area contributed by atoms with Gasteiger partial charge in [0.15, 0.2) is 0 Å². The molecule has 1 aromatic carbocycles. The smallest absolute Gasteiger partial charge is 0.330 e. The standard InChI is InChI=1S/C23H29IN6O3/c1-14(2)20(27-22(32)26-17-6-4-16(24)5-7-17)21(31)28-10-8-18(9-11-28)29-13-19-12-25-15(3)30(19)23(29)33/h4-7,12,14,18,20H,8-11,13H2,1-3H3,(H2,26,27,32). The average molecular weight is 564 g/mol. The first-order chi connectivity index (χ1) is 15.7. The summed E-state index contributed by atoms with van der Waals surface area (Å²) >= 11 is 2.20. The van der Waals surface area contributed by atoms with Crippen LogP contribution in [0.25, 0.3) is 0 Å². The molecule has 1 atom stereocenters. The number of benzene rings is 1. The number of hydrogen-bond donors (Lipinski definition) is 2. The van der Waals surface area contributed by atoms with Gasteiger partial charge in [-0.25, -0.2) is 14.6 Å². The Balaban J connectivity index is 1.33. The third kappa shape index (κ3) is 4.99. The summed E-state index contributed by atoms with van der Waals surface area (Å²) in [6.45, 7) is 7.36. The van der Waals surface area contributed by atoms with E-state index in [1.807, 2.05) is 49.9 Å². The van der Waals surface area contributed by atoms with Gasteiger partial charge in [-0.2, -0.15) is 0 Å². The highest BCUT2D eigenvalue weighted by molar-refractivity contribution is 14.1. The van der Waals surface area contributed by atoms with Gasteiger partial charge in [0.2, 0.25) is 5.91 Å². The number of anilines is 1. The second-order valence-electron chi connectivity index (χ2n) is 8.93. The lowest BCUT2D eigenvalue weighted by Gasteiger charge is -2.38. The predicted molar refractivity (Wildman–Crippen MR) is 133 cm³/mol. The minimum atomic E-state index is -0.617. The molecule has 4 amide bonds. The van der Waals surface area contributed by atoms with Crippen molar-refractivity contribution in [2.75, 3.05) is 18.4 Å². The number of urea groups is 1. The van der Waals surface area contributed by atoms with Crippen LogP contribution < -0.4 is 10.6 Å². The first-order valence-electron chi connectivity index (χ1n) is 11.2. The molecule has 1 fully saturated rings. The fraction of sp³-hybridized carbons (Fsp3) is 0.478. The summed E-state index contributed by atoms with van der Waals surface area (Å²) in [6.07, 6.45) is 3.19. The molecule has 2 aliphatic rings. The summed E-state index contributed by atoms with van der Waals surface area (Å²) < 4.78 is 2.75. The lowest BCUT2D eigenvalue weighted by Crippen LogP contribution is -2.55. The van der Waals surface area contributed by atoms with Gasteiger partial charge >= 0.3 is 12.1 Å². The van der Waals surface area contributed by atoms with Crippen LogP contribution in [0.1, 0.15) is 38.2 Å². The second kappa shape index (κ2) is 9.70. The summed E-state index contributed by atoms with van der Waals surface area (Å²) in [6, 6.07) is 6.52. The number of carbonyl (C=O) groups excluding carboxylic acids is 3. The normalized spacial score (nSPS) is 17.3. The molecule has 0 saturated carbocycles. The van der Waals surface area contributed by atoms with E-state index in [-0.39, 0.29) is 23.9 Å². The molecule has 1 aromatic heterocycles. The minimum Gasteiger partial charge on any atom is -0.341 e. The number of aromatic nitrogens is 2. The van der Waals surface area contributed by atoms with E-state index in [0.717, 1.165) is 9.26 Å². The van der Waals surface area contributed by atoms with Gasteiger partial charge in [0, 0.05) is 28.4 Å². The van der Waals surface area contributed by atoms with Crippen LogP contribution in [0.2, 0.25) is 0 Å². The van der Waals surface area contributed by atoms with Gasteiger partial charge in [0.05, 0.1) is 18.4 Å². The maximum Gasteiger partial charge on any atom is 0.330 e. The van der Waals surface area contributed by atoms with Crippen molar-refractivity contribution in [2.45, 2.75) is 52.2 Å². The summed E-state index contributed by atoms with van der Waals surface area (Å²) in [4.78, 5) is 46.5. The number of fused-ring (bicyclic) bond motifs is 1. The van der Waals surface area contributed by atoms with Gasteiger partial charge in [0.1, 0.15) is 11.9 Å². The fourth-order valence-corrected chi connectivity index (χ4v) is 4.83. The molecule has 33 heavy (non-hydrogen) atoms. The highest BCUT2D eigenvalue weighted by atomic mass is 127. The molecular weight excluding hydrogens is 535 g/mol. The monoisotopic (exact) mass is 564 g/mol. The van der Waals surface area contributed by atoms with Crippen LogP contribution in [0.5, 0.6) is 0 Å². The van der Waals surface area contributed by atoms with Gasteiger partial charge in [-0.3, -0.25) is 9.36 Å². The van der Waals surface area contributed by atoms with Crippen molar-refractivity contribution in [3.63, 3.8) is 0 Å². The summed E-state index contributed by atoms with van der Waals surface area (Å²) in [5.74, 6) is 0.568. The van der Waals surface area contributed by atoms with Gasteiger partial charge in [-0.15, -0.1) is 0 Å². The SMILES string of the molecule is Cc1ncc2n1C(=O)N(C1CCN(C(=O)C(NC(=O)Nc3ccc(I)cc3)C(C)C)CC1)C2. The molecule has 1 unspecified atom stereocenters. The number of rotatable bonds is 5. The highest BCUT2D eigenvalue weighted by Crippen LogP contribution is 2.26. The molecule has 0 bridgehead atoms. The van der Waals surface area contributed by atoms with E-state index in [9.17, 15) is 14.4 Å². The molecule has 4 rings (SSSR count). The molecular formula is C23H29IN6O3. The molecule has 2 aliphatic heterocycles. The number of imidazole rings is 1. The maximum absolute atomic E-state index is 13.2. The summed E-state index contributed by atoms with van der Waals surface area (Å²) in [7, 11) is 0. The Morgan fingerprint density at radius 3 is 2.42 bits per heavy atom. The maximum atomic E-state index is 13.2. The lowest BCUT2D eigenvalue weighted by atomic mass is 9.99. The number of amides is 4. The first kappa shape index (κ1) is 23.5. The van der Waals surface area contributed by atoms with Crippen molar-refractivity contribution in [1.29, 1.82) is 0 Å². The van der Waals surface area contributed by atoms with Crippen molar-refractivity contribution < 1.29 is 14.4 Å². The zero-order chi connectivity index (χ0) is 23.7. The quantitative estimate of drug-likeness (QED) is 0.544. The highest BCUT2D eigenvalue weighted by Gasteiger charge is 2.37. The van der Waals surface area contributed by atoms with Crippen LogP contribution in [0.15, 0.2) is 30.5 Å². The average Bonchev–Trinajstić information content (AvgIpc) is 3.32. The first-order valence-corrected chi connectivity index (χ1v) is 12.3. The number of likely N-dealkylation sites (tertiary alicyclic amines) is 1. The molecule has 0 radical (unpaired) electrons. The van der Waals surface area contributed by atoms with Crippen LogP contribution in [-0.4, -0.2) is 62.5 Å². The van der Waals surface area contributed by atoms with Gasteiger partial charge in [-0.05, 0) is 72.5 Å². The van der Waals surface area contributed by atoms with E-state index >= 15 is 0 Å². The molecule has 0 spiro atoms. The number of piperidine rings is 1. The van der Waals surface area contributed by atoms with Crippen LogP contribution in [0, 0.1) is 16.4 Å². The Labute approximate surface area is 207 Å². The van der Waals surface area contributed by atoms with E-state index in [1.54, 1.807) is 15.7 Å². The molecule has 3 heterocycles. The summed E-state index contributed by atoms with van der Waals surface area (Å²) in [5.41, 5.74) is 1.59. The van der Waals surface area contributed by atoms with E-state index in [0.29, 0.717) is 44.0 Å². The zero-order valence-electron chi connectivity index (χ0n) is 19.0. The molecule has 0 aliphatic carbocycles. The van der Waals surface area contributed by atoms with Crippen molar-refractivity contribution >= 4 is 46.2 Å². The van der Waals surface area contributed by atoms with Gasteiger partial charge in [0.25, 0.3) is 0 Å². The molecule has 9 nitrogen and oxygen atoms in total. The number of nitrogens with one attached hydrogen (secondary N) is 2. The van der Waals surface area contributed by atoms with E-state index < -0.39 is 12.1 Å². The second-order valence-corrected chi connectivity index (χ2v) is 10.2. The molecule has 2 N–H and O–H groups in total. The van der Waals surface area contributed by atoms with Crippen LogP contribution >= 0.6 is 22.6 Å². The third-order valence-corrected chi connectivity index (χ3v) is 7.04. The van der Waals surface area contributed by atoms with Crippen molar-refractivity contribution in [3.05, 3.63) is 45.6 Å². The fourth-order valence-electron chi connectivity index (χ4n) is 4.47. The van der Waals surface area contributed by atoms with E-state index in [2.05, 4.69) is 38.2 Å². The summed E-state index contributed by atoms with van der Waals surface area (Å²) in [5, 5.41) is 5.64. The van der Waals surface area contributed by atoms with E-state index in [4.69, 9.17) is 0 Å². The van der Waals surface area contributed by atoms with Crippen molar-refractivity contribution in [1.82, 2.24) is 24.7 Å². The lowest BCUT2D eigenvalue weighted by molar-refractivity contribution is -0.135. The number of halogens is 1. The van der Waals surface area contributed by atoms with Crippen LogP contribution in [0.3, 0.4) is 0 Å². The number of hydrogen-bond acceptors (Lipinski definition) is 4. The van der Waals surface area contributed by atoms with Gasteiger partial charge in [-0.1, -0.05) is 13.8 Å². The topological polar surface area (TPSA) is 99.6 Å². The Morgan fingerprint density at radius 2 is 1.82 bits per heavy atom. The Hall–Kier alpha value is -2.63. The number of carbonyl (C=O) groups is 3. The molecule has 176 valence electrons. The zero-order valence-corrected chi connectivity index (χ0v) is 21.2. The third-order valence-electron chi connectivity index (χ3n) is 6.32. The van der Waals surface area contributed by atoms with Crippen molar-refractivity contribution in [3.8, 4) is 0 Å². The van der Waals surface area contributed by atoms with Gasteiger partial charge < -0.3 is 20.4 Å². The largest absolute Gasteiger partial charge is 0.341 e.